The van der Waals surface area contributed by atoms with Crippen LogP contribution in [0, 0.1) is 5.41 Å². The van der Waals surface area contributed by atoms with Crippen molar-refractivity contribution in [2.24, 2.45) is 5.41 Å². The van der Waals surface area contributed by atoms with Gasteiger partial charge in [0.1, 0.15) is 0 Å². The van der Waals surface area contributed by atoms with Crippen LogP contribution in [0.2, 0.25) is 0 Å². The number of nitrogens with zero attached hydrogens (tertiary/aromatic N) is 1. The van der Waals surface area contributed by atoms with Crippen molar-refractivity contribution >= 4 is 0 Å². The van der Waals surface area contributed by atoms with Gasteiger partial charge >= 0.3 is 0 Å². The molecule has 2 fully saturated rings. The summed E-state index contributed by atoms with van der Waals surface area (Å²) in [6.07, 6.45) is 4.33. The summed E-state index contributed by atoms with van der Waals surface area (Å²) in [5, 5.41) is 3.57. The van der Waals surface area contributed by atoms with E-state index in [2.05, 4.69) is 31.0 Å². The Morgan fingerprint density at radius 1 is 1.21 bits per heavy atom. The van der Waals surface area contributed by atoms with Crippen LogP contribution in [0.25, 0.3) is 0 Å². The summed E-state index contributed by atoms with van der Waals surface area (Å²) in [7, 11) is 0. The van der Waals surface area contributed by atoms with E-state index in [1.807, 2.05) is 0 Å². The van der Waals surface area contributed by atoms with Gasteiger partial charge < -0.3 is 5.32 Å². The average molecular weight is 196 g/mol. The molecule has 1 saturated heterocycles. The van der Waals surface area contributed by atoms with Gasteiger partial charge in [-0.3, -0.25) is 4.90 Å². The number of rotatable bonds is 2. The van der Waals surface area contributed by atoms with Crippen molar-refractivity contribution in [2.75, 3.05) is 26.2 Å². The van der Waals surface area contributed by atoms with E-state index in [4.69, 9.17) is 0 Å². The van der Waals surface area contributed by atoms with E-state index >= 15 is 0 Å². The summed E-state index contributed by atoms with van der Waals surface area (Å²) in [5.41, 5.74) is 0.964. The maximum Gasteiger partial charge on any atom is 0.0252 e. The Labute approximate surface area is 88.1 Å². The van der Waals surface area contributed by atoms with Gasteiger partial charge in [0.05, 0.1) is 0 Å². The molecule has 1 aliphatic carbocycles. The molecule has 1 aliphatic heterocycles. The monoisotopic (exact) mass is 196 g/mol. The highest BCUT2D eigenvalue weighted by Crippen LogP contribution is 2.41. The summed E-state index contributed by atoms with van der Waals surface area (Å²) in [6.45, 7) is 12.0. The van der Waals surface area contributed by atoms with Gasteiger partial charge in [-0.25, -0.2) is 0 Å². The maximum absolute atomic E-state index is 3.57. The van der Waals surface area contributed by atoms with Gasteiger partial charge in [-0.1, -0.05) is 13.3 Å². The Morgan fingerprint density at radius 2 is 1.93 bits per heavy atom. The van der Waals surface area contributed by atoms with Crippen molar-refractivity contribution in [3.8, 4) is 0 Å². The van der Waals surface area contributed by atoms with Crippen molar-refractivity contribution < 1.29 is 0 Å². The first-order valence-electron chi connectivity index (χ1n) is 5.97. The first-order chi connectivity index (χ1) is 6.49. The van der Waals surface area contributed by atoms with Crippen LogP contribution in [0.5, 0.6) is 0 Å². The normalized spacial score (nSPS) is 31.1. The maximum atomic E-state index is 3.57. The number of piperazine rings is 1. The quantitative estimate of drug-likeness (QED) is 0.725. The molecule has 0 spiro atoms. The van der Waals surface area contributed by atoms with Gasteiger partial charge in [0, 0.05) is 31.7 Å². The molecule has 0 aromatic heterocycles. The van der Waals surface area contributed by atoms with Crippen molar-refractivity contribution in [3.05, 3.63) is 0 Å². The largest absolute Gasteiger partial charge is 0.309 e. The van der Waals surface area contributed by atoms with E-state index in [9.17, 15) is 0 Å². The lowest BCUT2D eigenvalue weighted by Gasteiger charge is -2.46. The molecule has 0 aromatic carbocycles. The van der Waals surface area contributed by atoms with Crippen LogP contribution in [0.4, 0.5) is 0 Å². The molecule has 82 valence electrons. The van der Waals surface area contributed by atoms with E-state index in [0.717, 1.165) is 6.54 Å². The Morgan fingerprint density at radius 3 is 2.43 bits per heavy atom. The van der Waals surface area contributed by atoms with Gasteiger partial charge in [-0.05, 0) is 32.1 Å². The Balaban J connectivity index is 1.86. The lowest BCUT2D eigenvalue weighted by Crippen LogP contribution is -2.58. The molecular weight excluding hydrogens is 172 g/mol. The Hall–Kier alpha value is -0.0800. The van der Waals surface area contributed by atoms with E-state index < -0.39 is 0 Å². The Bertz CT molecular complexity index is 206. The molecule has 0 atom stereocenters. The fraction of sp³-hybridized carbons (Fsp3) is 1.00. The fourth-order valence-corrected chi connectivity index (χ4v) is 2.86. The third-order valence-corrected chi connectivity index (χ3v) is 3.82. The number of hydrogen-bond acceptors (Lipinski definition) is 2. The highest BCUT2D eigenvalue weighted by molar-refractivity contribution is 4.92. The number of hydrogen-bond donors (Lipinski definition) is 1. The van der Waals surface area contributed by atoms with Crippen LogP contribution >= 0.6 is 0 Å². The summed E-state index contributed by atoms with van der Waals surface area (Å²) in [5.74, 6) is 0. The molecular formula is C12H24N2. The molecule has 14 heavy (non-hydrogen) atoms. The third-order valence-electron chi connectivity index (χ3n) is 3.82. The van der Waals surface area contributed by atoms with E-state index in [1.54, 1.807) is 0 Å². The number of nitrogens with one attached hydrogen (secondary N) is 1. The van der Waals surface area contributed by atoms with E-state index in [0.29, 0.717) is 11.0 Å². The summed E-state index contributed by atoms with van der Waals surface area (Å²) < 4.78 is 0. The first kappa shape index (κ1) is 10.4. The third kappa shape index (κ3) is 2.29. The molecule has 0 aromatic rings. The van der Waals surface area contributed by atoms with Gasteiger partial charge in [0.25, 0.3) is 0 Å². The highest BCUT2D eigenvalue weighted by atomic mass is 15.2. The Kier molecular flexibility index (Phi) is 2.61. The molecule has 2 rings (SSSR count). The van der Waals surface area contributed by atoms with Crippen LogP contribution in [-0.4, -0.2) is 36.6 Å². The second-order valence-corrected chi connectivity index (χ2v) is 6.19. The van der Waals surface area contributed by atoms with Crippen molar-refractivity contribution in [2.45, 2.75) is 45.6 Å². The fourth-order valence-electron chi connectivity index (χ4n) is 2.86. The summed E-state index contributed by atoms with van der Waals surface area (Å²) >= 11 is 0. The molecule has 2 aliphatic rings. The van der Waals surface area contributed by atoms with Gasteiger partial charge in [0.2, 0.25) is 0 Å². The van der Waals surface area contributed by atoms with Gasteiger partial charge in [-0.15, -0.1) is 0 Å². The van der Waals surface area contributed by atoms with Crippen LogP contribution in [0.1, 0.15) is 40.0 Å². The topological polar surface area (TPSA) is 15.3 Å². The lowest BCUT2D eigenvalue weighted by molar-refractivity contribution is 0.0541. The van der Waals surface area contributed by atoms with Crippen molar-refractivity contribution in [1.29, 1.82) is 0 Å². The minimum atomic E-state index is 0.318. The first-order valence-corrected chi connectivity index (χ1v) is 5.97. The second-order valence-electron chi connectivity index (χ2n) is 6.19. The van der Waals surface area contributed by atoms with Crippen molar-refractivity contribution in [1.82, 2.24) is 10.2 Å². The molecule has 0 radical (unpaired) electrons. The second kappa shape index (κ2) is 3.49. The zero-order valence-electron chi connectivity index (χ0n) is 9.90. The average Bonchev–Trinajstić information content (AvgIpc) is 1.99. The molecule has 2 nitrogen and oxygen atoms in total. The molecule has 1 saturated carbocycles. The molecule has 0 unspecified atom stereocenters. The minimum Gasteiger partial charge on any atom is -0.309 e. The molecule has 0 amide bonds. The highest BCUT2D eigenvalue weighted by Gasteiger charge is 2.35. The van der Waals surface area contributed by atoms with Crippen LogP contribution in [0.3, 0.4) is 0 Å². The van der Waals surface area contributed by atoms with Gasteiger partial charge in [-0.2, -0.15) is 0 Å². The molecule has 1 heterocycles. The minimum absolute atomic E-state index is 0.318. The van der Waals surface area contributed by atoms with Crippen LogP contribution < -0.4 is 5.32 Å². The van der Waals surface area contributed by atoms with E-state index in [1.165, 1.54) is 38.9 Å². The standard InChI is InChI=1S/C12H24N2/c1-11(2)9-14(8-7-13-11)10-12(3)5-4-6-12/h13H,4-10H2,1-3H3. The SMILES string of the molecule is CC1(CN2CCNC(C)(C)C2)CCC1. The van der Waals surface area contributed by atoms with Crippen LogP contribution in [0.15, 0.2) is 0 Å². The van der Waals surface area contributed by atoms with Crippen molar-refractivity contribution in [3.63, 3.8) is 0 Å². The van der Waals surface area contributed by atoms with Gasteiger partial charge in [0.15, 0.2) is 0 Å². The molecule has 2 heteroatoms. The predicted octanol–water partition coefficient (Wildman–Crippen LogP) is 1.86. The zero-order chi connectivity index (χ0) is 10.2. The zero-order valence-corrected chi connectivity index (χ0v) is 9.90. The lowest BCUT2D eigenvalue weighted by atomic mass is 9.70. The van der Waals surface area contributed by atoms with Crippen LogP contribution in [-0.2, 0) is 0 Å². The summed E-state index contributed by atoms with van der Waals surface area (Å²) in [4.78, 5) is 2.65. The predicted molar refractivity (Wildman–Crippen MR) is 60.5 cm³/mol. The smallest absolute Gasteiger partial charge is 0.0252 e. The van der Waals surface area contributed by atoms with E-state index in [-0.39, 0.29) is 0 Å². The molecule has 0 bridgehead atoms. The molecule has 1 N–H and O–H groups in total. The summed E-state index contributed by atoms with van der Waals surface area (Å²) in [6, 6.07) is 0.